The highest BCUT2D eigenvalue weighted by atomic mass is 79.9. The zero-order chi connectivity index (χ0) is 13.9. The Hall–Kier alpha value is -1.74. The fourth-order valence-electron chi connectivity index (χ4n) is 2.53. The highest BCUT2D eigenvalue weighted by Crippen LogP contribution is 2.22. The van der Waals surface area contributed by atoms with Gasteiger partial charge in [0.2, 0.25) is 0 Å². The molecule has 1 aromatic heterocycles. The molecule has 0 saturated carbocycles. The van der Waals surface area contributed by atoms with Crippen LogP contribution in [0.2, 0.25) is 0 Å². The number of halogens is 1. The number of hydrogen-bond acceptors (Lipinski definition) is 1. The summed E-state index contributed by atoms with van der Waals surface area (Å²) >= 11 is 3.56. The second-order valence-electron chi connectivity index (χ2n) is 4.93. The average Bonchev–Trinajstić information content (AvgIpc) is 2.78. The third kappa shape index (κ3) is 2.59. The highest BCUT2D eigenvalue weighted by Gasteiger charge is 2.04. The Balaban J connectivity index is 1.73. The summed E-state index contributed by atoms with van der Waals surface area (Å²) in [6, 6.07) is 16.8. The van der Waals surface area contributed by atoms with E-state index in [9.17, 15) is 0 Å². The maximum absolute atomic E-state index is 3.56. The van der Waals surface area contributed by atoms with Crippen molar-refractivity contribution in [3.63, 3.8) is 0 Å². The summed E-state index contributed by atoms with van der Waals surface area (Å²) in [5.41, 5.74) is 3.78. The van der Waals surface area contributed by atoms with Gasteiger partial charge in [-0.3, -0.25) is 0 Å². The lowest BCUT2D eigenvalue weighted by Crippen LogP contribution is -2.09. The molecule has 3 heteroatoms. The molecule has 20 heavy (non-hydrogen) atoms. The zero-order valence-electron chi connectivity index (χ0n) is 11.4. The normalized spacial score (nSPS) is 10.9. The van der Waals surface area contributed by atoms with Gasteiger partial charge in [0.1, 0.15) is 0 Å². The van der Waals surface area contributed by atoms with Gasteiger partial charge in [-0.1, -0.05) is 30.3 Å². The molecule has 0 aliphatic rings. The summed E-state index contributed by atoms with van der Waals surface area (Å²) in [6.45, 7) is 4.02. The van der Waals surface area contributed by atoms with E-state index >= 15 is 0 Å². The van der Waals surface area contributed by atoms with Crippen molar-refractivity contribution < 1.29 is 0 Å². The number of aromatic nitrogens is 1. The van der Waals surface area contributed by atoms with Crippen molar-refractivity contribution in [2.75, 3.05) is 11.9 Å². The van der Waals surface area contributed by atoms with Gasteiger partial charge in [0.25, 0.3) is 0 Å². The van der Waals surface area contributed by atoms with E-state index in [4.69, 9.17) is 0 Å². The van der Waals surface area contributed by atoms with Crippen LogP contribution in [0.5, 0.6) is 0 Å². The molecule has 1 heterocycles. The predicted molar refractivity (Wildman–Crippen MR) is 89.3 cm³/mol. The molecule has 0 radical (unpaired) electrons. The Morgan fingerprint density at radius 2 is 1.80 bits per heavy atom. The van der Waals surface area contributed by atoms with Crippen molar-refractivity contribution in [1.82, 2.24) is 4.57 Å². The number of aryl methyl sites for hydroxylation is 1. The molecule has 0 amide bonds. The number of nitrogens with zero attached hydrogens (tertiary/aromatic N) is 1. The minimum atomic E-state index is 0.903. The van der Waals surface area contributed by atoms with Crippen LogP contribution in [-0.2, 0) is 6.54 Å². The quantitative estimate of drug-likeness (QED) is 0.726. The lowest BCUT2D eigenvalue weighted by Gasteiger charge is -2.10. The molecule has 0 aliphatic carbocycles. The van der Waals surface area contributed by atoms with E-state index < -0.39 is 0 Å². The van der Waals surface area contributed by atoms with E-state index in [-0.39, 0.29) is 0 Å². The Morgan fingerprint density at radius 1 is 1.05 bits per heavy atom. The molecule has 0 aliphatic heterocycles. The molecule has 3 rings (SSSR count). The number of hydrogen-bond donors (Lipinski definition) is 1. The molecular weight excluding hydrogens is 312 g/mol. The summed E-state index contributed by atoms with van der Waals surface area (Å²) < 4.78 is 3.42. The maximum atomic E-state index is 3.56. The molecular formula is C17H17BrN2. The van der Waals surface area contributed by atoms with Crippen molar-refractivity contribution >= 4 is 32.5 Å². The summed E-state index contributed by atoms with van der Waals surface area (Å²) in [7, 11) is 0. The van der Waals surface area contributed by atoms with Gasteiger partial charge < -0.3 is 9.88 Å². The van der Waals surface area contributed by atoms with Gasteiger partial charge in [0, 0.05) is 40.3 Å². The standard InChI is InChI=1S/C17H17BrN2/c1-13-12-20(17-9-5-2-6-14(13)17)11-10-19-16-8-4-3-7-15(16)18/h2-9,12,19H,10-11H2,1H3. The molecule has 3 aromatic rings. The van der Waals surface area contributed by atoms with Gasteiger partial charge >= 0.3 is 0 Å². The van der Waals surface area contributed by atoms with Crippen LogP contribution in [0, 0.1) is 6.92 Å². The van der Waals surface area contributed by atoms with Gasteiger partial charge in [-0.2, -0.15) is 0 Å². The largest absolute Gasteiger partial charge is 0.382 e. The average molecular weight is 329 g/mol. The van der Waals surface area contributed by atoms with Crippen LogP contribution in [0.4, 0.5) is 5.69 Å². The number of fused-ring (bicyclic) bond motifs is 1. The van der Waals surface area contributed by atoms with Crippen LogP contribution in [0.15, 0.2) is 59.2 Å². The molecule has 0 fully saturated rings. The minimum Gasteiger partial charge on any atom is -0.382 e. The summed E-state index contributed by atoms with van der Waals surface area (Å²) in [5.74, 6) is 0. The Labute approximate surface area is 127 Å². The fraction of sp³-hybridized carbons (Fsp3) is 0.176. The van der Waals surface area contributed by atoms with E-state index in [1.807, 2.05) is 12.1 Å². The molecule has 102 valence electrons. The number of benzene rings is 2. The Bertz CT molecular complexity index is 731. The summed E-state index contributed by atoms with van der Waals surface area (Å²) in [6.07, 6.45) is 2.23. The molecule has 1 N–H and O–H groups in total. The van der Waals surface area contributed by atoms with Gasteiger partial charge in [-0.25, -0.2) is 0 Å². The summed E-state index contributed by atoms with van der Waals surface area (Å²) in [4.78, 5) is 0. The van der Waals surface area contributed by atoms with Crippen LogP contribution >= 0.6 is 15.9 Å². The van der Waals surface area contributed by atoms with Crippen LogP contribution in [0.1, 0.15) is 5.56 Å². The molecule has 0 unspecified atom stereocenters. The van der Waals surface area contributed by atoms with Gasteiger partial charge in [-0.05, 0) is 46.6 Å². The van der Waals surface area contributed by atoms with E-state index in [1.54, 1.807) is 0 Å². The molecule has 0 atom stereocenters. The molecule has 0 bridgehead atoms. The van der Waals surface area contributed by atoms with Gasteiger partial charge in [0.05, 0.1) is 0 Å². The lowest BCUT2D eigenvalue weighted by atomic mass is 10.2. The number of nitrogens with one attached hydrogen (secondary N) is 1. The van der Waals surface area contributed by atoms with Crippen molar-refractivity contribution in [3.8, 4) is 0 Å². The zero-order valence-corrected chi connectivity index (χ0v) is 13.0. The third-order valence-corrected chi connectivity index (χ3v) is 4.22. The lowest BCUT2D eigenvalue weighted by molar-refractivity contribution is 0.755. The second-order valence-corrected chi connectivity index (χ2v) is 5.78. The topological polar surface area (TPSA) is 17.0 Å². The van der Waals surface area contributed by atoms with Crippen LogP contribution in [-0.4, -0.2) is 11.1 Å². The van der Waals surface area contributed by atoms with E-state index in [0.29, 0.717) is 0 Å². The first kappa shape index (κ1) is 13.3. The Morgan fingerprint density at radius 3 is 2.65 bits per heavy atom. The van der Waals surface area contributed by atoms with Crippen LogP contribution < -0.4 is 5.32 Å². The monoisotopic (exact) mass is 328 g/mol. The van der Waals surface area contributed by atoms with Crippen molar-refractivity contribution in [2.45, 2.75) is 13.5 Å². The van der Waals surface area contributed by atoms with Crippen molar-refractivity contribution in [1.29, 1.82) is 0 Å². The highest BCUT2D eigenvalue weighted by molar-refractivity contribution is 9.10. The first-order chi connectivity index (χ1) is 9.75. The second kappa shape index (κ2) is 5.71. The summed E-state index contributed by atoms with van der Waals surface area (Å²) in [5, 5.41) is 4.81. The molecule has 2 nitrogen and oxygen atoms in total. The maximum Gasteiger partial charge on any atom is 0.0485 e. The van der Waals surface area contributed by atoms with E-state index in [1.165, 1.54) is 16.5 Å². The minimum absolute atomic E-state index is 0.903. The van der Waals surface area contributed by atoms with Crippen LogP contribution in [0.25, 0.3) is 10.9 Å². The fourth-order valence-corrected chi connectivity index (χ4v) is 2.96. The number of rotatable bonds is 4. The van der Waals surface area contributed by atoms with Gasteiger partial charge in [0.15, 0.2) is 0 Å². The molecule has 2 aromatic carbocycles. The van der Waals surface area contributed by atoms with Crippen molar-refractivity contribution in [3.05, 3.63) is 64.8 Å². The predicted octanol–water partition coefficient (Wildman–Crippen LogP) is 4.82. The number of anilines is 1. The first-order valence-electron chi connectivity index (χ1n) is 6.78. The van der Waals surface area contributed by atoms with Crippen molar-refractivity contribution in [2.24, 2.45) is 0 Å². The third-order valence-electron chi connectivity index (χ3n) is 3.53. The van der Waals surface area contributed by atoms with E-state index in [0.717, 1.165) is 23.2 Å². The van der Waals surface area contributed by atoms with Crippen LogP contribution in [0.3, 0.4) is 0 Å². The molecule has 0 spiro atoms. The molecule has 0 saturated heterocycles. The first-order valence-corrected chi connectivity index (χ1v) is 7.58. The Kier molecular flexibility index (Phi) is 3.79. The van der Waals surface area contributed by atoms with Gasteiger partial charge in [-0.15, -0.1) is 0 Å². The number of para-hydroxylation sites is 2. The smallest absolute Gasteiger partial charge is 0.0485 e. The SMILES string of the molecule is Cc1cn(CCNc2ccccc2Br)c2ccccc12. The van der Waals surface area contributed by atoms with E-state index in [2.05, 4.69) is 75.3 Å².